The number of piperidine rings is 1. The van der Waals surface area contributed by atoms with Crippen molar-refractivity contribution in [2.24, 2.45) is 5.41 Å². The molecule has 2 amide bonds. The number of hydrogen-bond acceptors (Lipinski definition) is 5. The summed E-state index contributed by atoms with van der Waals surface area (Å²) in [5.41, 5.74) is -1.54. The Kier molecular flexibility index (Phi) is 5.47. The molecule has 25 heavy (non-hydrogen) atoms. The van der Waals surface area contributed by atoms with E-state index in [0.717, 1.165) is 12.8 Å². The minimum absolute atomic E-state index is 0.0261. The number of nitrogens with zero attached hydrogens (tertiary/aromatic N) is 1. The zero-order chi connectivity index (χ0) is 19.0. The van der Waals surface area contributed by atoms with Crippen molar-refractivity contribution in [2.45, 2.75) is 84.1 Å². The molecule has 7 nitrogen and oxygen atoms in total. The summed E-state index contributed by atoms with van der Waals surface area (Å²) < 4.78 is 5.35. The molecule has 2 unspecified atom stereocenters. The van der Waals surface area contributed by atoms with E-state index in [2.05, 4.69) is 5.32 Å². The Morgan fingerprint density at radius 3 is 2.08 bits per heavy atom. The van der Waals surface area contributed by atoms with Gasteiger partial charge < -0.3 is 20.1 Å². The summed E-state index contributed by atoms with van der Waals surface area (Å²) in [5, 5.41) is 12.4. The number of hydrogen-bond donors (Lipinski definition) is 2. The molecule has 0 aromatic carbocycles. The van der Waals surface area contributed by atoms with Crippen molar-refractivity contribution in [3.8, 4) is 0 Å². The average Bonchev–Trinajstić information content (AvgIpc) is 2.74. The molecular formula is C18H30N2O5. The molecule has 2 bridgehead atoms. The van der Waals surface area contributed by atoms with E-state index in [9.17, 15) is 19.5 Å². The second kappa shape index (κ2) is 6.94. The van der Waals surface area contributed by atoms with Crippen molar-refractivity contribution in [1.82, 2.24) is 10.2 Å². The highest BCUT2D eigenvalue weighted by Gasteiger charge is 2.44. The fourth-order valence-electron chi connectivity index (χ4n) is 3.46. The van der Waals surface area contributed by atoms with Crippen molar-refractivity contribution >= 4 is 17.8 Å². The van der Waals surface area contributed by atoms with E-state index in [1.807, 2.05) is 0 Å². The molecule has 2 saturated heterocycles. The average molecular weight is 354 g/mol. The smallest absolute Gasteiger partial charge is 0.313 e. The summed E-state index contributed by atoms with van der Waals surface area (Å²) in [6.45, 7) is 8.72. The molecule has 0 aliphatic carbocycles. The molecule has 0 saturated carbocycles. The largest absolute Gasteiger partial charge is 0.460 e. The second-order valence-electron chi connectivity index (χ2n) is 8.79. The third-order valence-electron chi connectivity index (χ3n) is 4.78. The van der Waals surface area contributed by atoms with Crippen molar-refractivity contribution < 1.29 is 24.2 Å². The maximum Gasteiger partial charge on any atom is 0.313 e. The minimum atomic E-state index is -0.930. The van der Waals surface area contributed by atoms with Gasteiger partial charge in [-0.3, -0.25) is 14.4 Å². The molecule has 2 aliphatic rings. The fraction of sp³-hybridized carbons (Fsp3) is 0.833. The van der Waals surface area contributed by atoms with Crippen LogP contribution >= 0.6 is 0 Å². The van der Waals surface area contributed by atoms with Crippen LogP contribution in [0.2, 0.25) is 0 Å². The van der Waals surface area contributed by atoms with Crippen LogP contribution < -0.4 is 5.32 Å². The zero-order valence-corrected chi connectivity index (χ0v) is 15.8. The first-order chi connectivity index (χ1) is 11.4. The van der Waals surface area contributed by atoms with E-state index in [-0.39, 0.29) is 18.6 Å². The molecule has 0 radical (unpaired) electrons. The van der Waals surface area contributed by atoms with Crippen LogP contribution in [0.5, 0.6) is 0 Å². The Bertz CT molecular complexity index is 538. The molecule has 2 fully saturated rings. The first kappa shape index (κ1) is 19.7. The van der Waals surface area contributed by atoms with Crippen LogP contribution in [0.25, 0.3) is 0 Å². The first-order valence-electron chi connectivity index (χ1n) is 8.93. The highest BCUT2D eigenvalue weighted by atomic mass is 16.6. The zero-order valence-electron chi connectivity index (χ0n) is 15.8. The number of carbonyl (C=O) groups is 3. The van der Waals surface area contributed by atoms with Gasteiger partial charge in [-0.2, -0.15) is 0 Å². The molecule has 0 aromatic rings. The minimum Gasteiger partial charge on any atom is -0.460 e. The molecule has 142 valence electrons. The standard InChI is InChI=1S/C18H30N2O5/c1-17(2,3)25-16(24)18(4,5)10-19-14(22)15(23)20-11-6-7-12(20)9-13(21)8-11/h11-13,21H,6-10H2,1-5H3,(H,19,22). The predicted octanol–water partition coefficient (Wildman–Crippen LogP) is 0.985. The quantitative estimate of drug-likeness (QED) is 0.582. The Morgan fingerprint density at radius 1 is 1.08 bits per heavy atom. The summed E-state index contributed by atoms with van der Waals surface area (Å²) in [4.78, 5) is 38.6. The number of amides is 2. The van der Waals surface area contributed by atoms with E-state index < -0.39 is 34.9 Å². The summed E-state index contributed by atoms with van der Waals surface area (Å²) in [5.74, 6) is -1.70. The fourth-order valence-corrected chi connectivity index (χ4v) is 3.46. The molecule has 7 heteroatoms. The third kappa shape index (κ3) is 4.71. The van der Waals surface area contributed by atoms with Gasteiger partial charge >= 0.3 is 17.8 Å². The number of esters is 1. The Morgan fingerprint density at radius 2 is 1.60 bits per heavy atom. The summed E-state index contributed by atoms with van der Waals surface area (Å²) in [6.07, 6.45) is 2.31. The number of aliphatic hydroxyl groups excluding tert-OH is 1. The molecule has 0 spiro atoms. The lowest BCUT2D eigenvalue weighted by Gasteiger charge is -2.36. The maximum absolute atomic E-state index is 12.5. The molecule has 2 rings (SSSR count). The number of ether oxygens (including phenoxy) is 1. The SMILES string of the molecule is CC(C)(C)OC(=O)C(C)(C)CNC(=O)C(=O)N1C2CCC1CC(O)C2. The third-order valence-corrected chi connectivity index (χ3v) is 4.78. The monoisotopic (exact) mass is 354 g/mol. The van der Waals surface area contributed by atoms with Crippen LogP contribution in [-0.2, 0) is 19.1 Å². The molecule has 2 aliphatic heterocycles. The molecule has 2 N–H and O–H groups in total. The highest BCUT2D eigenvalue weighted by Crippen LogP contribution is 2.35. The second-order valence-corrected chi connectivity index (χ2v) is 8.79. The Labute approximate surface area is 149 Å². The Hall–Kier alpha value is -1.63. The van der Waals surface area contributed by atoms with Crippen LogP contribution in [-0.4, -0.2) is 58.1 Å². The maximum atomic E-state index is 12.5. The first-order valence-corrected chi connectivity index (χ1v) is 8.93. The molecule has 0 aromatic heterocycles. The normalized spacial score (nSPS) is 26.3. The van der Waals surface area contributed by atoms with E-state index in [0.29, 0.717) is 12.8 Å². The van der Waals surface area contributed by atoms with Gasteiger partial charge in [0.05, 0.1) is 11.5 Å². The van der Waals surface area contributed by atoms with Crippen molar-refractivity contribution in [2.75, 3.05) is 6.54 Å². The van der Waals surface area contributed by atoms with Gasteiger partial charge in [0, 0.05) is 18.6 Å². The topological polar surface area (TPSA) is 95.9 Å². The van der Waals surface area contributed by atoms with Crippen LogP contribution in [0.15, 0.2) is 0 Å². The number of rotatable bonds is 3. The van der Waals surface area contributed by atoms with Crippen LogP contribution in [0.4, 0.5) is 0 Å². The van der Waals surface area contributed by atoms with E-state index in [1.54, 1.807) is 39.5 Å². The van der Waals surface area contributed by atoms with Crippen molar-refractivity contribution in [1.29, 1.82) is 0 Å². The van der Waals surface area contributed by atoms with Crippen LogP contribution in [0.1, 0.15) is 60.3 Å². The van der Waals surface area contributed by atoms with E-state index in [1.165, 1.54) is 0 Å². The number of fused-ring (bicyclic) bond motifs is 2. The van der Waals surface area contributed by atoms with Crippen molar-refractivity contribution in [3.63, 3.8) is 0 Å². The van der Waals surface area contributed by atoms with Gasteiger partial charge in [0.1, 0.15) is 5.60 Å². The summed E-state index contributed by atoms with van der Waals surface area (Å²) in [7, 11) is 0. The molecule has 2 heterocycles. The van der Waals surface area contributed by atoms with E-state index >= 15 is 0 Å². The van der Waals surface area contributed by atoms with Gasteiger partial charge in [0.2, 0.25) is 0 Å². The summed E-state index contributed by atoms with van der Waals surface area (Å²) in [6, 6.07) is -0.128. The lowest BCUT2D eigenvalue weighted by atomic mass is 9.93. The predicted molar refractivity (Wildman–Crippen MR) is 91.5 cm³/mol. The van der Waals surface area contributed by atoms with Gasteiger partial charge in [-0.05, 0) is 60.3 Å². The van der Waals surface area contributed by atoms with Crippen LogP contribution in [0, 0.1) is 5.41 Å². The number of nitrogens with one attached hydrogen (secondary N) is 1. The van der Waals surface area contributed by atoms with Crippen molar-refractivity contribution in [3.05, 3.63) is 0 Å². The highest BCUT2D eigenvalue weighted by molar-refractivity contribution is 6.35. The molecular weight excluding hydrogens is 324 g/mol. The summed E-state index contributed by atoms with van der Waals surface area (Å²) >= 11 is 0. The van der Waals surface area contributed by atoms with Gasteiger partial charge in [-0.1, -0.05) is 0 Å². The number of aliphatic hydroxyl groups is 1. The molecule has 2 atom stereocenters. The van der Waals surface area contributed by atoms with Gasteiger partial charge in [-0.25, -0.2) is 0 Å². The number of carbonyl (C=O) groups excluding carboxylic acids is 3. The van der Waals surface area contributed by atoms with Gasteiger partial charge in [0.25, 0.3) is 0 Å². The van der Waals surface area contributed by atoms with E-state index in [4.69, 9.17) is 4.74 Å². The lowest BCUT2D eigenvalue weighted by molar-refractivity contribution is -0.165. The van der Waals surface area contributed by atoms with Gasteiger partial charge in [0.15, 0.2) is 0 Å². The van der Waals surface area contributed by atoms with Crippen LogP contribution in [0.3, 0.4) is 0 Å². The Balaban J connectivity index is 1.91. The van der Waals surface area contributed by atoms with Gasteiger partial charge in [-0.15, -0.1) is 0 Å². The lowest BCUT2D eigenvalue weighted by Crippen LogP contribution is -2.54.